The Bertz CT molecular complexity index is 561. The minimum absolute atomic E-state index is 0.0475. The summed E-state index contributed by atoms with van der Waals surface area (Å²) in [6, 6.07) is 6.02. The number of rotatable bonds is 5. The predicted molar refractivity (Wildman–Crippen MR) is 76.2 cm³/mol. The van der Waals surface area contributed by atoms with Gasteiger partial charge in [0.1, 0.15) is 0 Å². The molecule has 0 aliphatic carbocycles. The Labute approximate surface area is 113 Å². The van der Waals surface area contributed by atoms with Gasteiger partial charge in [0.05, 0.1) is 11.7 Å². The number of fused-ring (bicyclic) bond motifs is 1. The zero-order valence-corrected chi connectivity index (χ0v) is 11.6. The van der Waals surface area contributed by atoms with E-state index in [0.717, 1.165) is 17.4 Å². The van der Waals surface area contributed by atoms with Crippen LogP contribution in [-0.4, -0.2) is 47.2 Å². The largest absolute Gasteiger partial charge is 0.351 e. The number of aromatic nitrogens is 2. The SMILES string of the molecule is CC(C)N(C)CCNC(=O)c1ccc2cn[nH]c2c1. The van der Waals surface area contributed by atoms with Crippen molar-refractivity contribution in [3.05, 3.63) is 30.0 Å². The van der Waals surface area contributed by atoms with Crippen LogP contribution in [0.4, 0.5) is 0 Å². The maximum absolute atomic E-state index is 12.0. The van der Waals surface area contributed by atoms with Crippen molar-refractivity contribution >= 4 is 16.8 Å². The number of benzene rings is 1. The maximum atomic E-state index is 12.0. The molecule has 0 unspecified atom stereocenters. The second-order valence-corrected chi connectivity index (χ2v) is 5.00. The number of hydrogen-bond donors (Lipinski definition) is 2. The van der Waals surface area contributed by atoms with E-state index in [1.165, 1.54) is 0 Å². The molecule has 19 heavy (non-hydrogen) atoms. The van der Waals surface area contributed by atoms with Crippen LogP contribution in [0.1, 0.15) is 24.2 Å². The molecule has 1 heterocycles. The van der Waals surface area contributed by atoms with Gasteiger partial charge in [0.15, 0.2) is 0 Å². The van der Waals surface area contributed by atoms with E-state index in [0.29, 0.717) is 18.2 Å². The Hall–Kier alpha value is -1.88. The Morgan fingerprint density at radius 2 is 2.26 bits per heavy atom. The van der Waals surface area contributed by atoms with Gasteiger partial charge in [-0.25, -0.2) is 0 Å². The van der Waals surface area contributed by atoms with Crippen LogP contribution in [0.25, 0.3) is 10.9 Å². The molecule has 0 fully saturated rings. The molecular formula is C14H20N4O. The number of amides is 1. The van der Waals surface area contributed by atoms with Crippen LogP contribution >= 0.6 is 0 Å². The molecule has 0 bridgehead atoms. The third-order valence-electron chi connectivity index (χ3n) is 3.34. The number of carbonyl (C=O) groups is 1. The number of hydrogen-bond acceptors (Lipinski definition) is 3. The van der Waals surface area contributed by atoms with Gasteiger partial charge in [-0.2, -0.15) is 5.10 Å². The first-order valence-corrected chi connectivity index (χ1v) is 6.49. The number of likely N-dealkylation sites (N-methyl/N-ethyl adjacent to an activating group) is 1. The summed E-state index contributed by atoms with van der Waals surface area (Å²) >= 11 is 0. The molecule has 2 rings (SSSR count). The fraction of sp³-hybridized carbons (Fsp3) is 0.429. The van der Waals surface area contributed by atoms with Crippen molar-refractivity contribution in [2.75, 3.05) is 20.1 Å². The third-order valence-corrected chi connectivity index (χ3v) is 3.34. The fourth-order valence-electron chi connectivity index (χ4n) is 1.78. The first kappa shape index (κ1) is 13.5. The maximum Gasteiger partial charge on any atom is 0.251 e. The topological polar surface area (TPSA) is 61.0 Å². The number of nitrogens with one attached hydrogen (secondary N) is 2. The molecule has 0 radical (unpaired) electrons. The van der Waals surface area contributed by atoms with Crippen LogP contribution in [0.2, 0.25) is 0 Å². The van der Waals surface area contributed by atoms with Gasteiger partial charge in [-0.1, -0.05) is 6.07 Å². The van der Waals surface area contributed by atoms with Crippen LogP contribution in [-0.2, 0) is 0 Å². The van der Waals surface area contributed by atoms with Crippen molar-refractivity contribution in [1.82, 2.24) is 20.4 Å². The highest BCUT2D eigenvalue weighted by Gasteiger charge is 2.08. The third kappa shape index (κ3) is 3.32. The van der Waals surface area contributed by atoms with Crippen LogP contribution < -0.4 is 5.32 Å². The van der Waals surface area contributed by atoms with E-state index in [1.54, 1.807) is 6.20 Å². The first-order valence-electron chi connectivity index (χ1n) is 6.49. The molecule has 0 saturated heterocycles. The molecule has 2 N–H and O–H groups in total. The summed E-state index contributed by atoms with van der Waals surface area (Å²) in [5.41, 5.74) is 1.54. The Kier molecular flexibility index (Phi) is 4.16. The molecule has 1 amide bonds. The second-order valence-electron chi connectivity index (χ2n) is 5.00. The van der Waals surface area contributed by atoms with Gasteiger partial charge in [0, 0.05) is 30.1 Å². The van der Waals surface area contributed by atoms with Gasteiger partial charge in [-0.05, 0) is 33.0 Å². The molecule has 5 nitrogen and oxygen atoms in total. The normalized spacial score (nSPS) is 11.4. The first-order chi connectivity index (χ1) is 9.08. The lowest BCUT2D eigenvalue weighted by atomic mass is 10.1. The molecule has 1 aromatic carbocycles. The van der Waals surface area contributed by atoms with Crippen LogP contribution in [0.15, 0.2) is 24.4 Å². The highest BCUT2D eigenvalue weighted by atomic mass is 16.1. The van der Waals surface area contributed by atoms with Crippen molar-refractivity contribution in [2.45, 2.75) is 19.9 Å². The minimum Gasteiger partial charge on any atom is -0.351 e. The summed E-state index contributed by atoms with van der Waals surface area (Å²) in [5.74, 6) is -0.0475. The Balaban J connectivity index is 1.92. The van der Waals surface area contributed by atoms with Crippen LogP contribution in [0, 0.1) is 0 Å². The summed E-state index contributed by atoms with van der Waals surface area (Å²) in [6.07, 6.45) is 1.74. The van der Waals surface area contributed by atoms with Crippen molar-refractivity contribution in [3.63, 3.8) is 0 Å². The average molecular weight is 260 g/mol. The van der Waals surface area contributed by atoms with Crippen molar-refractivity contribution in [3.8, 4) is 0 Å². The monoisotopic (exact) mass is 260 g/mol. The average Bonchev–Trinajstić information content (AvgIpc) is 2.85. The standard InChI is InChI=1S/C14H20N4O/c1-10(2)18(3)7-6-15-14(19)11-4-5-12-9-16-17-13(12)8-11/h4-5,8-10H,6-7H2,1-3H3,(H,15,19)(H,16,17). The lowest BCUT2D eigenvalue weighted by Gasteiger charge is -2.20. The van der Waals surface area contributed by atoms with Crippen molar-refractivity contribution in [1.29, 1.82) is 0 Å². The Morgan fingerprint density at radius 3 is 3.00 bits per heavy atom. The molecular weight excluding hydrogens is 240 g/mol. The molecule has 1 aromatic heterocycles. The zero-order valence-electron chi connectivity index (χ0n) is 11.6. The van der Waals surface area contributed by atoms with Gasteiger partial charge in [-0.15, -0.1) is 0 Å². The molecule has 0 atom stereocenters. The molecule has 2 aromatic rings. The number of carbonyl (C=O) groups excluding carboxylic acids is 1. The molecule has 0 aliphatic rings. The lowest BCUT2D eigenvalue weighted by molar-refractivity contribution is 0.0948. The highest BCUT2D eigenvalue weighted by Crippen LogP contribution is 2.12. The molecule has 0 spiro atoms. The molecule has 102 valence electrons. The summed E-state index contributed by atoms with van der Waals surface area (Å²) in [4.78, 5) is 14.2. The van der Waals surface area contributed by atoms with Crippen molar-refractivity contribution in [2.24, 2.45) is 0 Å². The minimum atomic E-state index is -0.0475. The Morgan fingerprint density at radius 1 is 1.47 bits per heavy atom. The van der Waals surface area contributed by atoms with E-state index in [-0.39, 0.29) is 5.91 Å². The van der Waals surface area contributed by atoms with Gasteiger partial charge in [-0.3, -0.25) is 9.89 Å². The highest BCUT2D eigenvalue weighted by molar-refractivity contribution is 5.97. The van der Waals surface area contributed by atoms with Gasteiger partial charge < -0.3 is 10.2 Å². The van der Waals surface area contributed by atoms with Crippen LogP contribution in [0.5, 0.6) is 0 Å². The van der Waals surface area contributed by atoms with Gasteiger partial charge in [0.2, 0.25) is 0 Å². The summed E-state index contributed by atoms with van der Waals surface area (Å²) in [6.45, 7) is 5.76. The zero-order chi connectivity index (χ0) is 13.8. The number of nitrogens with zero attached hydrogens (tertiary/aromatic N) is 2. The summed E-state index contributed by atoms with van der Waals surface area (Å²) in [7, 11) is 2.05. The quantitative estimate of drug-likeness (QED) is 0.859. The van der Waals surface area contributed by atoms with Crippen LogP contribution in [0.3, 0.4) is 0 Å². The van der Waals surface area contributed by atoms with Gasteiger partial charge >= 0.3 is 0 Å². The van der Waals surface area contributed by atoms with E-state index >= 15 is 0 Å². The smallest absolute Gasteiger partial charge is 0.251 e. The molecule has 0 aliphatic heterocycles. The van der Waals surface area contributed by atoms with Gasteiger partial charge in [0.25, 0.3) is 5.91 Å². The number of H-pyrrole nitrogens is 1. The van der Waals surface area contributed by atoms with E-state index in [4.69, 9.17) is 0 Å². The predicted octanol–water partition coefficient (Wildman–Crippen LogP) is 1.63. The molecule has 5 heteroatoms. The lowest BCUT2D eigenvalue weighted by Crippen LogP contribution is -2.36. The van der Waals surface area contributed by atoms with Crippen molar-refractivity contribution < 1.29 is 4.79 Å². The summed E-state index contributed by atoms with van der Waals surface area (Å²) in [5, 5.41) is 10.7. The summed E-state index contributed by atoms with van der Waals surface area (Å²) < 4.78 is 0. The fourth-order valence-corrected chi connectivity index (χ4v) is 1.78. The van der Waals surface area contributed by atoms with E-state index in [2.05, 4.69) is 34.3 Å². The number of aromatic amines is 1. The van der Waals surface area contributed by atoms with E-state index < -0.39 is 0 Å². The van der Waals surface area contributed by atoms with E-state index in [9.17, 15) is 4.79 Å². The van der Waals surface area contributed by atoms with E-state index in [1.807, 2.05) is 25.2 Å². The molecule has 0 saturated carbocycles. The second kappa shape index (κ2) is 5.84.